The predicted octanol–water partition coefficient (Wildman–Crippen LogP) is 2.12. The highest BCUT2D eigenvalue weighted by Crippen LogP contribution is 2.32. The highest BCUT2D eigenvalue weighted by atomic mass is 35.5. The first-order valence-corrected chi connectivity index (χ1v) is 6.41. The molecule has 0 aromatic carbocycles. The van der Waals surface area contributed by atoms with Gasteiger partial charge in [-0.1, -0.05) is 23.4 Å². The molecule has 0 radical (unpaired) electrons. The minimum Gasteiger partial charge on any atom is -0.308 e. The van der Waals surface area contributed by atoms with Crippen LogP contribution in [0.3, 0.4) is 0 Å². The quantitative estimate of drug-likeness (QED) is 0.826. The molecular weight excluding hydrogens is 260 g/mol. The van der Waals surface area contributed by atoms with Crippen molar-refractivity contribution in [2.75, 3.05) is 11.4 Å². The van der Waals surface area contributed by atoms with Gasteiger partial charge in [-0.2, -0.15) is 0 Å². The second-order valence-electron chi connectivity index (χ2n) is 3.77. The molecule has 0 saturated carbocycles. The molecule has 1 fully saturated rings. The highest BCUT2D eigenvalue weighted by molar-refractivity contribution is 8.14. The Hall–Kier alpha value is -1.07. The summed E-state index contributed by atoms with van der Waals surface area (Å²) in [6.07, 6.45) is 3.52. The Morgan fingerprint density at radius 3 is 3.06 bits per heavy atom. The van der Waals surface area contributed by atoms with E-state index in [1.807, 2.05) is 0 Å². The van der Waals surface area contributed by atoms with Crippen molar-refractivity contribution < 1.29 is 9.59 Å². The zero-order valence-electron chi connectivity index (χ0n) is 9.22. The number of hydrogen-bond acceptors (Lipinski definition) is 4. The lowest BCUT2D eigenvalue weighted by atomic mass is 10.4. The first kappa shape index (κ1) is 12.4. The van der Waals surface area contributed by atoms with E-state index in [4.69, 9.17) is 11.6 Å². The molecule has 1 aromatic heterocycles. The van der Waals surface area contributed by atoms with Gasteiger partial charge in [0.15, 0.2) is 5.12 Å². The fraction of sp³-hybridized carbons (Fsp3) is 0.364. The number of carbonyl (C=O) groups is 2. The summed E-state index contributed by atoms with van der Waals surface area (Å²) in [5.41, 5.74) is 0.616. The van der Waals surface area contributed by atoms with E-state index < -0.39 is 0 Å². The maximum Gasteiger partial charge on any atom is 0.228 e. The van der Waals surface area contributed by atoms with E-state index in [0.29, 0.717) is 23.7 Å². The molecule has 90 valence electrons. The summed E-state index contributed by atoms with van der Waals surface area (Å²) < 4.78 is 0. The molecule has 1 unspecified atom stereocenters. The second-order valence-corrected chi connectivity index (χ2v) is 5.65. The van der Waals surface area contributed by atoms with E-state index in [2.05, 4.69) is 4.98 Å². The molecule has 1 saturated heterocycles. The van der Waals surface area contributed by atoms with E-state index in [0.717, 1.165) is 0 Å². The van der Waals surface area contributed by atoms with Gasteiger partial charge < -0.3 is 4.90 Å². The third kappa shape index (κ3) is 2.79. The molecule has 4 nitrogen and oxygen atoms in total. The summed E-state index contributed by atoms with van der Waals surface area (Å²) in [4.78, 5) is 28.4. The number of nitrogens with zero attached hydrogens (tertiary/aromatic N) is 2. The monoisotopic (exact) mass is 270 g/mol. The normalized spacial score (nSPS) is 19.8. The fourth-order valence-electron chi connectivity index (χ4n) is 1.79. The molecule has 0 aliphatic carbocycles. The van der Waals surface area contributed by atoms with Gasteiger partial charge in [-0.05, 0) is 6.07 Å². The van der Waals surface area contributed by atoms with Crippen molar-refractivity contribution in [1.82, 2.24) is 4.98 Å². The minimum atomic E-state index is -0.0151. The Bertz CT molecular complexity index is 467. The van der Waals surface area contributed by atoms with Crippen LogP contribution in [0.25, 0.3) is 0 Å². The lowest BCUT2D eigenvalue weighted by molar-refractivity contribution is -0.117. The van der Waals surface area contributed by atoms with E-state index in [9.17, 15) is 9.59 Å². The number of thioether (sulfide) groups is 1. The van der Waals surface area contributed by atoms with Crippen LogP contribution in [0.2, 0.25) is 5.02 Å². The summed E-state index contributed by atoms with van der Waals surface area (Å²) in [7, 11) is 0. The van der Waals surface area contributed by atoms with Crippen LogP contribution in [0.1, 0.15) is 13.3 Å². The van der Waals surface area contributed by atoms with Crippen molar-refractivity contribution in [3.63, 3.8) is 0 Å². The van der Waals surface area contributed by atoms with Crippen molar-refractivity contribution in [2.24, 2.45) is 0 Å². The van der Waals surface area contributed by atoms with E-state index >= 15 is 0 Å². The van der Waals surface area contributed by atoms with Crippen LogP contribution in [-0.4, -0.2) is 27.8 Å². The van der Waals surface area contributed by atoms with Gasteiger partial charge in [0.1, 0.15) is 0 Å². The SMILES string of the molecule is CC(=O)SC1CC(=O)N(c2cnccc2Cl)C1. The molecule has 1 aliphatic heterocycles. The Morgan fingerprint density at radius 2 is 2.41 bits per heavy atom. The molecule has 6 heteroatoms. The number of anilines is 1. The Balaban J connectivity index is 2.16. The van der Waals surface area contributed by atoms with Crippen molar-refractivity contribution in [3.8, 4) is 0 Å². The summed E-state index contributed by atoms with van der Waals surface area (Å²) in [6, 6.07) is 1.65. The Morgan fingerprint density at radius 1 is 1.65 bits per heavy atom. The molecular formula is C11H11ClN2O2S. The number of hydrogen-bond donors (Lipinski definition) is 0. The zero-order valence-corrected chi connectivity index (χ0v) is 10.8. The fourth-order valence-corrected chi connectivity index (χ4v) is 2.92. The van der Waals surface area contributed by atoms with E-state index in [1.165, 1.54) is 18.7 Å². The van der Waals surface area contributed by atoms with Crippen LogP contribution in [0.5, 0.6) is 0 Å². The van der Waals surface area contributed by atoms with Gasteiger partial charge in [-0.15, -0.1) is 0 Å². The van der Waals surface area contributed by atoms with Crippen LogP contribution in [0.15, 0.2) is 18.5 Å². The third-order valence-corrected chi connectivity index (χ3v) is 3.76. The molecule has 1 aliphatic rings. The van der Waals surface area contributed by atoms with E-state index in [-0.39, 0.29) is 16.3 Å². The average molecular weight is 271 g/mol. The maximum atomic E-state index is 11.8. The Labute approximate surface area is 108 Å². The molecule has 0 N–H and O–H groups in total. The minimum absolute atomic E-state index is 0.0104. The largest absolute Gasteiger partial charge is 0.308 e. The van der Waals surface area contributed by atoms with Crippen LogP contribution in [-0.2, 0) is 9.59 Å². The lowest BCUT2D eigenvalue weighted by Gasteiger charge is -2.17. The smallest absolute Gasteiger partial charge is 0.228 e. The third-order valence-electron chi connectivity index (χ3n) is 2.46. The first-order valence-electron chi connectivity index (χ1n) is 5.15. The summed E-state index contributed by atoms with van der Waals surface area (Å²) >= 11 is 7.22. The molecule has 1 aromatic rings. The zero-order chi connectivity index (χ0) is 12.4. The second kappa shape index (κ2) is 5.06. The number of amides is 1. The maximum absolute atomic E-state index is 11.8. The van der Waals surface area contributed by atoms with Crippen molar-refractivity contribution in [3.05, 3.63) is 23.5 Å². The van der Waals surface area contributed by atoms with Gasteiger partial charge >= 0.3 is 0 Å². The first-order chi connectivity index (χ1) is 8.08. The summed E-state index contributed by atoms with van der Waals surface area (Å²) in [6.45, 7) is 2.02. The summed E-state index contributed by atoms with van der Waals surface area (Å²) in [5.74, 6) is -0.0151. The molecule has 0 bridgehead atoms. The van der Waals surface area contributed by atoms with Crippen LogP contribution >= 0.6 is 23.4 Å². The standard InChI is InChI=1S/C11H11ClN2O2S/c1-7(15)17-8-4-11(16)14(6-8)10-5-13-3-2-9(10)12/h2-3,5,8H,4,6H2,1H3. The number of halogens is 1. The topological polar surface area (TPSA) is 50.3 Å². The molecule has 0 spiro atoms. The molecule has 1 amide bonds. The number of aromatic nitrogens is 1. The summed E-state index contributed by atoms with van der Waals surface area (Å²) in [5, 5.41) is 0.542. The van der Waals surface area contributed by atoms with Crippen LogP contribution < -0.4 is 4.90 Å². The van der Waals surface area contributed by atoms with Crippen molar-refractivity contribution >= 4 is 40.1 Å². The van der Waals surface area contributed by atoms with E-state index in [1.54, 1.807) is 23.4 Å². The highest BCUT2D eigenvalue weighted by Gasteiger charge is 2.32. The molecule has 17 heavy (non-hydrogen) atoms. The number of rotatable bonds is 2. The van der Waals surface area contributed by atoms with Crippen LogP contribution in [0.4, 0.5) is 5.69 Å². The van der Waals surface area contributed by atoms with Gasteiger partial charge in [-0.3, -0.25) is 14.6 Å². The molecule has 2 heterocycles. The predicted molar refractivity (Wildman–Crippen MR) is 68.3 cm³/mol. The van der Waals surface area contributed by atoms with Crippen molar-refractivity contribution in [2.45, 2.75) is 18.6 Å². The van der Waals surface area contributed by atoms with Gasteiger partial charge in [0.05, 0.1) is 16.9 Å². The van der Waals surface area contributed by atoms with Crippen LogP contribution in [0, 0.1) is 0 Å². The van der Waals surface area contributed by atoms with Gasteiger partial charge in [-0.25, -0.2) is 0 Å². The van der Waals surface area contributed by atoms with Crippen molar-refractivity contribution in [1.29, 1.82) is 0 Å². The van der Waals surface area contributed by atoms with Gasteiger partial charge in [0, 0.05) is 31.3 Å². The number of pyridine rings is 1. The molecule has 2 rings (SSSR count). The van der Waals surface area contributed by atoms with Gasteiger partial charge in [0.2, 0.25) is 5.91 Å². The Kier molecular flexibility index (Phi) is 3.69. The van der Waals surface area contributed by atoms with Gasteiger partial charge in [0.25, 0.3) is 0 Å². The average Bonchev–Trinajstić information content (AvgIpc) is 2.59. The lowest BCUT2D eigenvalue weighted by Crippen LogP contribution is -2.25. The number of carbonyl (C=O) groups excluding carboxylic acids is 2. The molecule has 1 atom stereocenters.